The highest BCUT2D eigenvalue weighted by atomic mass is 32.2. The van der Waals surface area contributed by atoms with Crippen molar-refractivity contribution in [2.45, 2.75) is 38.8 Å². The molecule has 4 nitrogen and oxygen atoms in total. The highest BCUT2D eigenvalue weighted by Gasteiger charge is 2.15. The summed E-state index contributed by atoms with van der Waals surface area (Å²) in [5, 5.41) is 3.60. The predicted octanol–water partition coefficient (Wildman–Crippen LogP) is 2.90. The van der Waals surface area contributed by atoms with Gasteiger partial charge in [-0.25, -0.2) is 0 Å². The second kappa shape index (κ2) is 9.05. The Morgan fingerprint density at radius 1 is 1.24 bits per heavy atom. The molecule has 1 N–H and O–H groups in total. The first-order chi connectivity index (χ1) is 10.0. The van der Waals surface area contributed by atoms with Crippen LogP contribution in [0.3, 0.4) is 0 Å². The van der Waals surface area contributed by atoms with Crippen molar-refractivity contribution in [2.75, 3.05) is 26.2 Å². The normalized spacial score (nSPS) is 15.3. The van der Waals surface area contributed by atoms with Gasteiger partial charge in [0, 0.05) is 34.9 Å². The first-order valence-electron chi connectivity index (χ1n) is 7.29. The Balaban J connectivity index is 2.77. The van der Waals surface area contributed by atoms with Crippen LogP contribution in [0.5, 0.6) is 11.5 Å². The fourth-order valence-corrected chi connectivity index (χ4v) is 2.97. The molecule has 0 aliphatic rings. The lowest BCUT2D eigenvalue weighted by molar-refractivity contribution is 0.353. The maximum absolute atomic E-state index is 11.2. The van der Waals surface area contributed by atoms with E-state index in [-0.39, 0.29) is 6.04 Å². The highest BCUT2D eigenvalue weighted by molar-refractivity contribution is 7.84. The Kier molecular flexibility index (Phi) is 7.75. The highest BCUT2D eigenvalue weighted by Crippen LogP contribution is 2.31. The van der Waals surface area contributed by atoms with Crippen LogP contribution in [0.4, 0.5) is 0 Å². The lowest BCUT2D eigenvalue weighted by Gasteiger charge is -2.23. The van der Waals surface area contributed by atoms with E-state index in [2.05, 4.69) is 25.2 Å². The molecule has 21 heavy (non-hydrogen) atoms. The molecule has 0 radical (unpaired) electrons. The van der Waals surface area contributed by atoms with Crippen molar-refractivity contribution in [1.82, 2.24) is 5.32 Å². The quantitative estimate of drug-likeness (QED) is 0.761. The Hall–Kier alpha value is -1.07. The number of hydrogen-bond acceptors (Lipinski definition) is 4. The second-order valence-corrected chi connectivity index (χ2v) is 6.76. The molecular formula is C16H27NO3S. The van der Waals surface area contributed by atoms with E-state index in [9.17, 15) is 4.21 Å². The Bertz CT molecular complexity index is 465. The Morgan fingerprint density at radius 3 is 2.43 bits per heavy atom. The molecule has 0 fully saturated rings. The number of rotatable bonds is 9. The van der Waals surface area contributed by atoms with Crippen LogP contribution in [0, 0.1) is 0 Å². The summed E-state index contributed by atoms with van der Waals surface area (Å²) in [7, 11) is 2.55. The maximum atomic E-state index is 11.2. The molecular weight excluding hydrogens is 286 g/mol. The fourth-order valence-electron chi connectivity index (χ4n) is 2.29. The molecule has 3 unspecified atom stereocenters. The summed E-state index contributed by atoms with van der Waals surface area (Å²) >= 11 is 0. The van der Waals surface area contributed by atoms with Crippen LogP contribution in [0.1, 0.15) is 38.3 Å². The monoisotopic (exact) mass is 313 g/mol. The summed E-state index contributed by atoms with van der Waals surface area (Å²) in [6.07, 6.45) is 3.64. The summed E-state index contributed by atoms with van der Waals surface area (Å²) in [6, 6.07) is 6.60. The van der Waals surface area contributed by atoms with Crippen LogP contribution >= 0.6 is 0 Å². The van der Waals surface area contributed by atoms with Gasteiger partial charge in [-0.2, -0.15) is 0 Å². The van der Waals surface area contributed by atoms with E-state index >= 15 is 0 Å². The van der Waals surface area contributed by atoms with Gasteiger partial charge in [-0.15, -0.1) is 0 Å². The zero-order valence-corrected chi connectivity index (χ0v) is 14.5. The van der Waals surface area contributed by atoms with Crippen molar-refractivity contribution in [2.24, 2.45) is 0 Å². The number of methoxy groups -OCH3 is 2. The minimum atomic E-state index is -0.733. The largest absolute Gasteiger partial charge is 0.493 e. The standard InChI is InChI=1S/C16H27NO3S/c1-6-14(17-12(2)9-10-21(5)18)13-7-8-15(19-3)16(11-13)20-4/h7-8,11-12,14,17H,6,9-10H2,1-5H3. The third kappa shape index (κ3) is 5.67. The summed E-state index contributed by atoms with van der Waals surface area (Å²) in [4.78, 5) is 0. The second-order valence-electron chi connectivity index (χ2n) is 5.21. The van der Waals surface area contributed by atoms with E-state index < -0.39 is 10.8 Å². The minimum absolute atomic E-state index is 0.255. The molecule has 0 bridgehead atoms. The van der Waals surface area contributed by atoms with Crippen LogP contribution < -0.4 is 14.8 Å². The van der Waals surface area contributed by atoms with Crippen molar-refractivity contribution in [1.29, 1.82) is 0 Å². The predicted molar refractivity (Wildman–Crippen MR) is 88.7 cm³/mol. The van der Waals surface area contributed by atoms with E-state index in [1.54, 1.807) is 20.5 Å². The zero-order valence-electron chi connectivity index (χ0n) is 13.6. The fraction of sp³-hybridized carbons (Fsp3) is 0.625. The molecule has 0 aliphatic carbocycles. The third-order valence-corrected chi connectivity index (χ3v) is 4.35. The molecule has 3 atom stereocenters. The summed E-state index contributed by atoms with van der Waals surface area (Å²) in [6.45, 7) is 4.29. The zero-order chi connectivity index (χ0) is 15.8. The molecule has 120 valence electrons. The van der Waals surface area contributed by atoms with Crippen molar-refractivity contribution in [3.63, 3.8) is 0 Å². The molecule has 1 rings (SSSR count). The molecule has 0 saturated heterocycles. The van der Waals surface area contributed by atoms with Crippen LogP contribution in [0.25, 0.3) is 0 Å². The van der Waals surface area contributed by atoms with E-state index in [1.165, 1.54) is 5.56 Å². The van der Waals surface area contributed by atoms with Gasteiger partial charge in [-0.1, -0.05) is 13.0 Å². The SMILES string of the molecule is CCC(NC(C)CCS(C)=O)c1ccc(OC)c(OC)c1. The van der Waals surface area contributed by atoms with E-state index in [4.69, 9.17) is 9.47 Å². The molecule has 0 heterocycles. The topological polar surface area (TPSA) is 47.6 Å². The van der Waals surface area contributed by atoms with Crippen LogP contribution in [-0.4, -0.2) is 36.5 Å². The van der Waals surface area contributed by atoms with E-state index in [1.807, 2.05) is 12.1 Å². The molecule has 1 aromatic carbocycles. The summed E-state index contributed by atoms with van der Waals surface area (Å²) < 4.78 is 21.8. The number of nitrogens with one attached hydrogen (secondary N) is 1. The smallest absolute Gasteiger partial charge is 0.161 e. The molecule has 5 heteroatoms. The lowest BCUT2D eigenvalue weighted by atomic mass is 10.0. The van der Waals surface area contributed by atoms with Crippen molar-refractivity contribution in [3.05, 3.63) is 23.8 Å². The minimum Gasteiger partial charge on any atom is -0.493 e. The lowest BCUT2D eigenvalue weighted by Crippen LogP contribution is -2.31. The van der Waals surface area contributed by atoms with Crippen LogP contribution in [0.15, 0.2) is 18.2 Å². The third-order valence-electron chi connectivity index (χ3n) is 3.54. The molecule has 0 aliphatic heterocycles. The van der Waals surface area contributed by atoms with Gasteiger partial charge in [-0.3, -0.25) is 4.21 Å². The molecule has 1 aromatic rings. The van der Waals surface area contributed by atoms with Gasteiger partial charge in [0.25, 0.3) is 0 Å². The van der Waals surface area contributed by atoms with E-state index in [0.717, 1.165) is 30.1 Å². The van der Waals surface area contributed by atoms with Gasteiger partial charge in [0.2, 0.25) is 0 Å². The Labute approximate surface area is 130 Å². The van der Waals surface area contributed by atoms with Gasteiger partial charge in [0.05, 0.1) is 14.2 Å². The number of hydrogen-bond donors (Lipinski definition) is 1. The van der Waals surface area contributed by atoms with Crippen molar-refractivity contribution in [3.8, 4) is 11.5 Å². The average Bonchev–Trinajstić information content (AvgIpc) is 2.49. The number of ether oxygens (including phenoxy) is 2. The van der Waals surface area contributed by atoms with Crippen LogP contribution in [-0.2, 0) is 10.8 Å². The molecule has 0 saturated carbocycles. The van der Waals surface area contributed by atoms with Gasteiger partial charge in [0.15, 0.2) is 11.5 Å². The molecule has 0 aromatic heterocycles. The van der Waals surface area contributed by atoms with Crippen molar-refractivity contribution >= 4 is 10.8 Å². The molecule has 0 amide bonds. The number of benzene rings is 1. The first-order valence-corrected chi connectivity index (χ1v) is 9.02. The van der Waals surface area contributed by atoms with Crippen molar-refractivity contribution < 1.29 is 13.7 Å². The van der Waals surface area contributed by atoms with Gasteiger partial charge in [-0.05, 0) is 37.5 Å². The van der Waals surface area contributed by atoms with Crippen LogP contribution in [0.2, 0.25) is 0 Å². The summed E-state index contributed by atoms with van der Waals surface area (Å²) in [5.74, 6) is 2.22. The first kappa shape index (κ1) is 18.0. The average molecular weight is 313 g/mol. The maximum Gasteiger partial charge on any atom is 0.161 e. The van der Waals surface area contributed by atoms with Gasteiger partial charge in [0.1, 0.15) is 0 Å². The summed E-state index contributed by atoms with van der Waals surface area (Å²) in [5.41, 5.74) is 1.18. The van der Waals surface area contributed by atoms with Gasteiger partial charge >= 0.3 is 0 Å². The Morgan fingerprint density at radius 2 is 1.90 bits per heavy atom. The molecule has 0 spiro atoms. The van der Waals surface area contributed by atoms with E-state index in [0.29, 0.717) is 6.04 Å². The van der Waals surface area contributed by atoms with Gasteiger partial charge < -0.3 is 14.8 Å².